The molecule has 40 heavy (non-hydrogen) atoms. The van der Waals surface area contributed by atoms with E-state index in [0.29, 0.717) is 29.3 Å². The first-order chi connectivity index (χ1) is 19.5. The Balaban J connectivity index is 1.40. The summed E-state index contributed by atoms with van der Waals surface area (Å²) in [6, 6.07) is 18.3. The molecule has 1 fully saturated rings. The lowest BCUT2D eigenvalue weighted by Gasteiger charge is -2.33. The Morgan fingerprint density at radius 3 is 2.67 bits per heavy atom. The summed E-state index contributed by atoms with van der Waals surface area (Å²) in [5, 5.41) is 10.7. The fourth-order valence-electron chi connectivity index (χ4n) is 5.01. The van der Waals surface area contributed by atoms with Gasteiger partial charge in [0, 0.05) is 47.0 Å². The summed E-state index contributed by atoms with van der Waals surface area (Å²) in [6.45, 7) is 5.49. The number of terminal acetylenes is 1. The molecule has 0 saturated carbocycles. The summed E-state index contributed by atoms with van der Waals surface area (Å²) in [7, 11) is 0. The van der Waals surface area contributed by atoms with Crippen molar-refractivity contribution in [3.8, 4) is 12.3 Å². The number of hydrogen-bond donors (Lipinski definition) is 4. The molecule has 2 aromatic carbocycles. The number of ether oxygens (including phenoxy) is 1. The number of nitrogens with one attached hydrogen (secondary N) is 4. The smallest absolute Gasteiger partial charge is 0.0961 e. The molecular formula is C31H30ClN7O. The lowest BCUT2D eigenvalue weighted by Crippen LogP contribution is -2.52. The van der Waals surface area contributed by atoms with Gasteiger partial charge in [-0.05, 0) is 37.6 Å². The summed E-state index contributed by atoms with van der Waals surface area (Å²) in [5.74, 6) is 2.79. The van der Waals surface area contributed by atoms with Gasteiger partial charge in [0.2, 0.25) is 0 Å². The third-order valence-corrected chi connectivity index (χ3v) is 7.63. The van der Waals surface area contributed by atoms with Crippen molar-refractivity contribution < 1.29 is 4.74 Å². The maximum atomic E-state index is 6.84. The summed E-state index contributed by atoms with van der Waals surface area (Å²) >= 11 is 6.84. The highest BCUT2D eigenvalue weighted by molar-refractivity contribution is 6.35. The van der Waals surface area contributed by atoms with Crippen LogP contribution in [-0.2, 0) is 4.74 Å². The van der Waals surface area contributed by atoms with Crippen LogP contribution in [-0.4, -0.2) is 34.2 Å². The average molecular weight is 552 g/mol. The van der Waals surface area contributed by atoms with E-state index in [4.69, 9.17) is 22.8 Å². The second-order valence-corrected chi connectivity index (χ2v) is 10.4. The van der Waals surface area contributed by atoms with Crippen LogP contribution < -0.4 is 21.6 Å². The van der Waals surface area contributed by atoms with Gasteiger partial charge in [-0.3, -0.25) is 15.0 Å². The topological polar surface area (TPSA) is 86.4 Å². The molecule has 0 aliphatic carbocycles. The Morgan fingerprint density at radius 1 is 1.12 bits per heavy atom. The number of anilines is 2. The van der Waals surface area contributed by atoms with Gasteiger partial charge in [0.25, 0.3) is 0 Å². The molecule has 6 rings (SSSR count). The number of hydrazine groups is 2. The fourth-order valence-corrected chi connectivity index (χ4v) is 5.28. The predicted octanol–water partition coefficient (Wildman–Crippen LogP) is 5.46. The molecule has 2 aliphatic rings. The van der Waals surface area contributed by atoms with E-state index in [-0.39, 0.29) is 18.1 Å². The van der Waals surface area contributed by atoms with Crippen LogP contribution in [0.5, 0.6) is 0 Å². The van der Waals surface area contributed by atoms with Gasteiger partial charge in [-0.15, -0.1) is 12.0 Å². The van der Waals surface area contributed by atoms with Crippen molar-refractivity contribution in [1.29, 1.82) is 0 Å². The number of rotatable bonds is 8. The van der Waals surface area contributed by atoms with Crippen LogP contribution in [0.3, 0.4) is 0 Å². The first kappa shape index (κ1) is 26.0. The van der Waals surface area contributed by atoms with Crippen LogP contribution in [0.15, 0.2) is 78.9 Å². The summed E-state index contributed by atoms with van der Waals surface area (Å²) < 4.78 is 5.38. The standard InChI is InChI=1S/C31H30ClN7O/c1-4-21-15-34-30-26(29(21)35-19(2)22-9-6-5-7-10-22)13-23(14-27(30)32)36-31(25-11-8-12-33-20(25)3)28-16-39(38-37-28)24-17-40-18-24/h1,5-16,19,24,31,36-38H,17-18H2,2-3H3,(H,34,35)/t19-,31+/m1/s1. The van der Waals surface area contributed by atoms with Gasteiger partial charge in [-0.2, -0.15) is 0 Å². The molecule has 0 unspecified atom stereocenters. The normalized spacial score (nSPS) is 16.4. The Hall–Kier alpha value is -4.29. The van der Waals surface area contributed by atoms with E-state index < -0.39 is 0 Å². The third-order valence-electron chi connectivity index (χ3n) is 7.34. The number of nitrogens with zero attached hydrogens (tertiary/aromatic N) is 3. The molecular weight excluding hydrogens is 522 g/mol. The first-order valence-corrected chi connectivity index (χ1v) is 13.6. The molecule has 0 bridgehead atoms. The van der Waals surface area contributed by atoms with Gasteiger partial charge in [-0.1, -0.05) is 53.9 Å². The Labute approximate surface area is 238 Å². The number of halogens is 1. The number of aryl methyl sites for hydroxylation is 1. The Morgan fingerprint density at radius 2 is 1.95 bits per heavy atom. The highest BCUT2D eigenvalue weighted by atomic mass is 35.5. The second kappa shape index (κ2) is 11.1. The molecule has 2 aromatic heterocycles. The minimum Gasteiger partial charge on any atom is -0.377 e. The van der Waals surface area contributed by atoms with Crippen LogP contribution in [0.2, 0.25) is 5.02 Å². The SMILES string of the molecule is C#Cc1cnc2c(Cl)cc(N[C@H](C3=CN(C4COC4)NN3)c3cccnc3C)cc2c1N[C@H](C)c1ccccc1. The van der Waals surface area contributed by atoms with Crippen molar-refractivity contribution in [3.63, 3.8) is 0 Å². The van der Waals surface area contributed by atoms with E-state index in [1.807, 2.05) is 48.3 Å². The first-order valence-electron chi connectivity index (χ1n) is 13.2. The zero-order chi connectivity index (χ0) is 27.6. The maximum Gasteiger partial charge on any atom is 0.0961 e. The van der Waals surface area contributed by atoms with E-state index in [2.05, 4.69) is 68.8 Å². The molecule has 1 saturated heterocycles. The number of hydrogen-bond acceptors (Lipinski definition) is 8. The van der Waals surface area contributed by atoms with Crippen LogP contribution in [0.25, 0.3) is 10.9 Å². The molecule has 202 valence electrons. The van der Waals surface area contributed by atoms with Crippen LogP contribution in [0.4, 0.5) is 11.4 Å². The Bertz CT molecular complexity index is 1610. The third kappa shape index (κ3) is 5.03. The van der Waals surface area contributed by atoms with Crippen LogP contribution in [0, 0.1) is 19.3 Å². The van der Waals surface area contributed by atoms with Crippen molar-refractivity contribution in [2.75, 3.05) is 23.8 Å². The molecule has 0 radical (unpaired) electrons. The average Bonchev–Trinajstić information content (AvgIpc) is 3.41. The zero-order valence-electron chi connectivity index (χ0n) is 22.3. The van der Waals surface area contributed by atoms with Gasteiger partial charge < -0.3 is 20.8 Å². The van der Waals surface area contributed by atoms with Gasteiger partial charge in [0.05, 0.1) is 52.8 Å². The molecule has 0 spiro atoms. The fraction of sp³-hybridized carbons (Fsp3) is 0.226. The van der Waals surface area contributed by atoms with Crippen molar-refractivity contribution >= 4 is 33.9 Å². The van der Waals surface area contributed by atoms with E-state index in [1.165, 1.54) is 0 Å². The quantitative estimate of drug-likeness (QED) is 0.215. The van der Waals surface area contributed by atoms with Crippen LogP contribution in [0.1, 0.15) is 41.4 Å². The molecule has 0 amide bonds. The predicted molar refractivity (Wildman–Crippen MR) is 159 cm³/mol. The van der Waals surface area contributed by atoms with E-state index >= 15 is 0 Å². The molecule has 4 aromatic rings. The van der Waals surface area contributed by atoms with Crippen LogP contribution >= 0.6 is 11.6 Å². The van der Waals surface area contributed by atoms with Crippen molar-refractivity contribution in [2.45, 2.75) is 32.0 Å². The summed E-state index contributed by atoms with van der Waals surface area (Å²) in [6.07, 6.45) is 11.5. The number of pyridine rings is 2. The van der Waals surface area contributed by atoms with Crippen molar-refractivity contribution in [3.05, 3.63) is 106 Å². The largest absolute Gasteiger partial charge is 0.377 e. The van der Waals surface area contributed by atoms with E-state index in [9.17, 15) is 0 Å². The van der Waals surface area contributed by atoms with E-state index in [0.717, 1.165) is 39.3 Å². The van der Waals surface area contributed by atoms with Gasteiger partial charge >= 0.3 is 0 Å². The molecule has 2 aliphatic heterocycles. The second-order valence-electron chi connectivity index (χ2n) is 10.00. The lowest BCUT2D eigenvalue weighted by atomic mass is 10.0. The highest BCUT2D eigenvalue weighted by Crippen LogP contribution is 2.37. The number of benzene rings is 2. The minimum atomic E-state index is -0.232. The van der Waals surface area contributed by atoms with Crippen molar-refractivity contribution in [2.24, 2.45) is 0 Å². The molecule has 9 heteroatoms. The minimum absolute atomic E-state index is 0.0143. The molecule has 4 heterocycles. The highest BCUT2D eigenvalue weighted by Gasteiger charge is 2.31. The lowest BCUT2D eigenvalue weighted by molar-refractivity contribution is -0.0635. The van der Waals surface area contributed by atoms with Gasteiger partial charge in [0.15, 0.2) is 0 Å². The maximum absolute atomic E-state index is 6.84. The number of fused-ring (bicyclic) bond motifs is 1. The van der Waals surface area contributed by atoms with Gasteiger partial charge in [-0.25, -0.2) is 0 Å². The number of aromatic nitrogens is 2. The van der Waals surface area contributed by atoms with E-state index in [1.54, 1.807) is 12.4 Å². The summed E-state index contributed by atoms with van der Waals surface area (Å²) in [5.41, 5.74) is 13.6. The van der Waals surface area contributed by atoms with Gasteiger partial charge in [0.1, 0.15) is 0 Å². The molecule has 2 atom stereocenters. The van der Waals surface area contributed by atoms with Crippen molar-refractivity contribution in [1.82, 2.24) is 25.9 Å². The monoisotopic (exact) mass is 551 g/mol. The molecule has 4 N–H and O–H groups in total. The summed E-state index contributed by atoms with van der Waals surface area (Å²) in [4.78, 5) is 9.15. The Kier molecular flexibility index (Phi) is 7.18. The molecule has 8 nitrogen and oxygen atoms in total. The zero-order valence-corrected chi connectivity index (χ0v) is 23.0.